The Morgan fingerprint density at radius 1 is 1.25 bits per heavy atom. The summed E-state index contributed by atoms with van der Waals surface area (Å²) in [5.41, 5.74) is 0.655. The number of fused-ring (bicyclic) bond motifs is 3. The number of hydroxylamine groups is 2. The first kappa shape index (κ1) is 23.5. The number of aromatic nitrogens is 2. The van der Waals surface area contributed by atoms with Crippen molar-refractivity contribution in [2.24, 2.45) is 13.0 Å². The van der Waals surface area contributed by atoms with Crippen LogP contribution < -0.4 is 10.4 Å². The van der Waals surface area contributed by atoms with Gasteiger partial charge in [-0.3, -0.25) is 9.78 Å². The van der Waals surface area contributed by atoms with Crippen LogP contribution in [0.3, 0.4) is 0 Å². The summed E-state index contributed by atoms with van der Waals surface area (Å²) in [5.74, 6) is 0.0450. The molecular weight excluding hydrogens is 434 g/mol. The van der Waals surface area contributed by atoms with E-state index in [2.05, 4.69) is 4.98 Å². The van der Waals surface area contributed by atoms with Crippen LogP contribution >= 0.6 is 0 Å². The van der Waals surface area contributed by atoms with E-state index < -0.39 is 22.0 Å². The van der Waals surface area contributed by atoms with E-state index >= 15 is 0 Å². The number of hydrogen-bond donors (Lipinski definition) is 1. The summed E-state index contributed by atoms with van der Waals surface area (Å²) < 4.78 is 26.6. The van der Waals surface area contributed by atoms with Crippen molar-refractivity contribution >= 4 is 37.6 Å². The fraction of sp³-hybridized carbons (Fsp3) is 0.409. The van der Waals surface area contributed by atoms with Gasteiger partial charge in [-0.15, -0.1) is 5.06 Å². The van der Waals surface area contributed by atoms with E-state index in [1.807, 2.05) is 13.8 Å². The van der Waals surface area contributed by atoms with Crippen LogP contribution in [0.1, 0.15) is 32.9 Å². The van der Waals surface area contributed by atoms with Crippen molar-refractivity contribution in [3.63, 3.8) is 0 Å². The largest absolute Gasteiger partial charge is 0.463 e. The lowest BCUT2D eigenvalue weighted by molar-refractivity contribution is -0.0702. The summed E-state index contributed by atoms with van der Waals surface area (Å²) in [6, 6.07) is 3.96. The fourth-order valence-electron chi connectivity index (χ4n) is 3.94. The van der Waals surface area contributed by atoms with Crippen LogP contribution in [0, 0.1) is 12.8 Å². The van der Waals surface area contributed by atoms with Crippen molar-refractivity contribution in [3.8, 4) is 5.75 Å². The Labute approximate surface area is 186 Å². The molecular formula is C22H27N3O6S. The summed E-state index contributed by atoms with van der Waals surface area (Å²) in [7, 11) is -2.23. The van der Waals surface area contributed by atoms with Gasteiger partial charge in [0.25, 0.3) is 5.56 Å². The topological polar surface area (TPSA) is 119 Å². The Morgan fingerprint density at radius 2 is 1.91 bits per heavy atom. The van der Waals surface area contributed by atoms with Crippen LogP contribution in [0.5, 0.6) is 5.75 Å². The quantitative estimate of drug-likeness (QED) is 0.441. The normalized spacial score (nSPS) is 13.0. The first-order chi connectivity index (χ1) is 14.8. The highest BCUT2D eigenvalue weighted by Gasteiger charge is 2.27. The van der Waals surface area contributed by atoms with Crippen LogP contribution in [0.4, 0.5) is 4.79 Å². The number of carboxylic acid groups (broad SMARTS) is 1. The Morgan fingerprint density at radius 3 is 2.47 bits per heavy atom. The predicted molar refractivity (Wildman–Crippen MR) is 122 cm³/mol. The van der Waals surface area contributed by atoms with Crippen LogP contribution in [0.15, 0.2) is 34.1 Å². The van der Waals surface area contributed by atoms with Crippen molar-refractivity contribution in [2.75, 3.05) is 6.26 Å². The number of carbonyl (C=O) groups is 1. The summed E-state index contributed by atoms with van der Waals surface area (Å²) in [5, 5.41) is 11.9. The summed E-state index contributed by atoms with van der Waals surface area (Å²) in [4.78, 5) is 34.5. The van der Waals surface area contributed by atoms with Gasteiger partial charge in [0, 0.05) is 31.0 Å². The van der Waals surface area contributed by atoms with Crippen LogP contribution in [0.25, 0.3) is 21.7 Å². The molecule has 0 radical (unpaired) electrons. The lowest BCUT2D eigenvalue weighted by Crippen LogP contribution is -2.41. The van der Waals surface area contributed by atoms with Gasteiger partial charge in [0.15, 0.2) is 15.6 Å². The van der Waals surface area contributed by atoms with Gasteiger partial charge >= 0.3 is 6.09 Å². The molecule has 1 unspecified atom stereocenters. The smallest absolute Gasteiger partial charge is 0.440 e. The lowest BCUT2D eigenvalue weighted by Gasteiger charge is -2.27. The van der Waals surface area contributed by atoms with E-state index in [9.17, 15) is 23.1 Å². The first-order valence-electron chi connectivity index (χ1n) is 10.1. The van der Waals surface area contributed by atoms with Crippen molar-refractivity contribution in [1.82, 2.24) is 14.6 Å². The Hall–Kier alpha value is -3.14. The summed E-state index contributed by atoms with van der Waals surface area (Å²) >= 11 is 0. The van der Waals surface area contributed by atoms with Crippen molar-refractivity contribution in [2.45, 2.75) is 45.1 Å². The molecule has 2 aromatic heterocycles. The number of nitrogens with zero attached hydrogens (tertiary/aromatic N) is 3. The van der Waals surface area contributed by atoms with Crippen LogP contribution in [0.2, 0.25) is 0 Å². The average Bonchev–Trinajstić information content (AvgIpc) is 2.67. The second-order valence-corrected chi connectivity index (χ2v) is 10.4. The molecule has 1 amide bonds. The second-order valence-electron chi connectivity index (χ2n) is 8.45. The number of benzene rings is 1. The number of rotatable bonds is 6. The molecule has 0 saturated carbocycles. The van der Waals surface area contributed by atoms with Gasteiger partial charge in [-0.05, 0) is 43.7 Å². The Balaban J connectivity index is 2.34. The van der Waals surface area contributed by atoms with Gasteiger partial charge in [0.05, 0.1) is 22.6 Å². The maximum absolute atomic E-state index is 13.0. The van der Waals surface area contributed by atoms with Gasteiger partial charge in [0.2, 0.25) is 0 Å². The van der Waals surface area contributed by atoms with Crippen molar-refractivity contribution in [3.05, 3.63) is 40.4 Å². The standard InChI is InChI=1S/C22H27N3O6S/c1-12(2)9-13(3)25(22(27)28)31-18-11-17-16(10-19(18)32(6,29)30)15-7-8-23-14(4)20(15)21(26)24(17)5/h7-8,10-13H,9H2,1-6H3,(H,27,28). The predicted octanol–water partition coefficient (Wildman–Crippen LogP) is 3.51. The number of aryl methyl sites for hydroxylation is 2. The number of pyridine rings is 2. The molecule has 1 N–H and O–H groups in total. The number of sulfone groups is 1. The molecule has 1 aromatic carbocycles. The van der Waals surface area contributed by atoms with Crippen molar-refractivity contribution in [1.29, 1.82) is 0 Å². The first-order valence-corrected chi connectivity index (χ1v) is 12.0. The maximum atomic E-state index is 13.0. The molecule has 0 fully saturated rings. The molecule has 0 aliphatic carbocycles. The van der Waals surface area contributed by atoms with Crippen LogP contribution in [-0.4, -0.2) is 46.5 Å². The lowest BCUT2D eigenvalue weighted by atomic mass is 10.1. The summed E-state index contributed by atoms with van der Waals surface area (Å²) in [6.07, 6.45) is 1.76. The second kappa shape index (κ2) is 8.42. The minimum atomic E-state index is -3.79. The van der Waals surface area contributed by atoms with Crippen LogP contribution in [-0.2, 0) is 16.9 Å². The average molecular weight is 462 g/mol. The zero-order valence-electron chi connectivity index (χ0n) is 18.9. The van der Waals surface area contributed by atoms with E-state index in [1.165, 1.54) is 16.7 Å². The molecule has 0 spiro atoms. The van der Waals surface area contributed by atoms with E-state index in [0.29, 0.717) is 33.8 Å². The number of hydrogen-bond acceptors (Lipinski definition) is 6. The highest BCUT2D eigenvalue weighted by atomic mass is 32.2. The van der Waals surface area contributed by atoms with Gasteiger partial charge in [0.1, 0.15) is 4.90 Å². The highest BCUT2D eigenvalue weighted by Crippen LogP contribution is 2.34. The molecule has 1 atom stereocenters. The third-order valence-electron chi connectivity index (χ3n) is 5.37. The number of amides is 1. The van der Waals surface area contributed by atoms with E-state index in [4.69, 9.17) is 4.84 Å². The maximum Gasteiger partial charge on any atom is 0.440 e. The molecule has 0 aliphatic heterocycles. The molecule has 3 rings (SSSR count). The molecule has 2 heterocycles. The molecule has 32 heavy (non-hydrogen) atoms. The zero-order chi connectivity index (χ0) is 24.0. The molecule has 0 aliphatic rings. The van der Waals surface area contributed by atoms with Gasteiger partial charge in [-0.25, -0.2) is 13.2 Å². The SMILES string of the molecule is Cc1nccc2c1c(=O)n(C)c1cc(ON(C(=O)O)C(C)CC(C)C)c(S(C)(=O)=O)cc21. The molecule has 0 bridgehead atoms. The third-order valence-corrected chi connectivity index (χ3v) is 6.49. The third kappa shape index (κ3) is 4.27. The molecule has 172 valence electrons. The highest BCUT2D eigenvalue weighted by molar-refractivity contribution is 7.90. The van der Waals surface area contributed by atoms with Crippen molar-refractivity contribution < 1.29 is 23.2 Å². The molecule has 0 saturated heterocycles. The Bertz CT molecular complexity index is 1380. The van der Waals surface area contributed by atoms with E-state index in [1.54, 1.807) is 33.2 Å². The van der Waals surface area contributed by atoms with E-state index in [0.717, 1.165) is 11.3 Å². The molecule has 3 aromatic rings. The minimum Gasteiger partial charge on any atom is -0.463 e. The molecule has 10 heteroatoms. The fourth-order valence-corrected chi connectivity index (χ4v) is 4.74. The zero-order valence-corrected chi connectivity index (χ0v) is 19.7. The van der Waals surface area contributed by atoms with Gasteiger partial charge in [-0.2, -0.15) is 0 Å². The van der Waals surface area contributed by atoms with E-state index in [-0.39, 0.29) is 22.1 Å². The minimum absolute atomic E-state index is 0.155. The summed E-state index contributed by atoms with van der Waals surface area (Å²) in [6.45, 7) is 7.30. The van der Waals surface area contributed by atoms with Gasteiger partial charge < -0.3 is 14.5 Å². The Kier molecular flexibility index (Phi) is 6.19. The molecule has 9 nitrogen and oxygen atoms in total. The van der Waals surface area contributed by atoms with Gasteiger partial charge in [-0.1, -0.05) is 13.8 Å². The monoisotopic (exact) mass is 461 g/mol.